The molecule has 0 bridgehead atoms. The molecule has 1 saturated heterocycles. The smallest absolute Gasteiger partial charge is 0.410 e. The molecule has 0 radical (unpaired) electrons. The number of carbonyl (C=O) groups excluding carboxylic acids is 3. The number of benzene rings is 1. The van der Waals surface area contributed by atoms with Crippen molar-refractivity contribution in [2.75, 3.05) is 37.8 Å². The molecule has 1 N–H and O–H groups in total. The Morgan fingerprint density at radius 2 is 1.68 bits per heavy atom. The van der Waals surface area contributed by atoms with E-state index >= 15 is 0 Å². The number of anilines is 1. The molecular formula is C27H30ClN5O6S. The minimum atomic E-state index is -3.56. The van der Waals surface area contributed by atoms with Gasteiger partial charge < -0.3 is 19.9 Å². The fourth-order valence-corrected chi connectivity index (χ4v) is 5.05. The molecule has 1 aliphatic rings. The van der Waals surface area contributed by atoms with Crippen molar-refractivity contribution >= 4 is 45.0 Å². The summed E-state index contributed by atoms with van der Waals surface area (Å²) < 4.78 is 30.9. The Kier molecular flexibility index (Phi) is 8.22. The third kappa shape index (κ3) is 6.99. The second-order valence-electron chi connectivity index (χ2n) is 10.3. The Morgan fingerprint density at radius 3 is 2.27 bits per heavy atom. The summed E-state index contributed by atoms with van der Waals surface area (Å²) in [5, 5.41) is 2.80. The van der Waals surface area contributed by atoms with Crippen molar-refractivity contribution in [2.45, 2.75) is 31.3 Å². The van der Waals surface area contributed by atoms with Crippen LogP contribution in [0.25, 0.3) is 5.82 Å². The molecular weight excluding hydrogens is 558 g/mol. The van der Waals surface area contributed by atoms with Gasteiger partial charge in [-0.15, -0.1) is 0 Å². The molecule has 13 heteroatoms. The Labute approximate surface area is 237 Å². The molecule has 3 aromatic rings. The molecule has 0 spiro atoms. The van der Waals surface area contributed by atoms with Crippen LogP contribution in [0.4, 0.5) is 10.5 Å². The van der Waals surface area contributed by atoms with Crippen LogP contribution in [0.1, 0.15) is 41.6 Å². The number of piperazine rings is 1. The number of hydrogen-bond acceptors (Lipinski definition) is 7. The number of sulfone groups is 1. The maximum Gasteiger partial charge on any atom is 0.410 e. The van der Waals surface area contributed by atoms with Crippen LogP contribution in [0, 0.1) is 0 Å². The number of nitrogens with zero attached hydrogens (tertiary/aromatic N) is 4. The van der Waals surface area contributed by atoms with Gasteiger partial charge in [0.2, 0.25) is 0 Å². The predicted octanol–water partition coefficient (Wildman–Crippen LogP) is 3.87. The Bertz CT molecular complexity index is 1540. The number of pyridine rings is 1. The van der Waals surface area contributed by atoms with Crippen molar-refractivity contribution in [3.63, 3.8) is 0 Å². The summed E-state index contributed by atoms with van der Waals surface area (Å²) in [5.41, 5.74) is -0.0727. The summed E-state index contributed by atoms with van der Waals surface area (Å²) in [6, 6.07) is 10.7. The first kappa shape index (κ1) is 29.1. The Hall–Kier alpha value is -3.90. The molecule has 0 unspecified atom stereocenters. The highest BCUT2D eigenvalue weighted by Crippen LogP contribution is 2.24. The van der Waals surface area contributed by atoms with Gasteiger partial charge in [0.15, 0.2) is 9.84 Å². The van der Waals surface area contributed by atoms with Crippen molar-refractivity contribution < 1.29 is 27.5 Å². The number of aromatic nitrogens is 2. The predicted molar refractivity (Wildman–Crippen MR) is 150 cm³/mol. The fourth-order valence-electron chi connectivity index (χ4n) is 4.07. The Morgan fingerprint density at radius 1 is 1.00 bits per heavy atom. The van der Waals surface area contributed by atoms with E-state index in [2.05, 4.69) is 10.3 Å². The van der Waals surface area contributed by atoms with Crippen LogP contribution in [-0.4, -0.2) is 83.7 Å². The summed E-state index contributed by atoms with van der Waals surface area (Å²) in [4.78, 5) is 46.7. The van der Waals surface area contributed by atoms with Gasteiger partial charge in [-0.1, -0.05) is 17.7 Å². The average molecular weight is 588 g/mol. The third-order valence-electron chi connectivity index (χ3n) is 5.97. The molecule has 11 nitrogen and oxygen atoms in total. The molecule has 3 heterocycles. The van der Waals surface area contributed by atoms with E-state index in [0.717, 1.165) is 6.26 Å². The SMILES string of the molecule is CC(C)(C)OC(=O)N1CCN(C(=O)c2cc(C(=O)Nc3cc(Cl)cc(S(C)(=O)=O)c3)cn2-c2ccccn2)CC1. The maximum atomic E-state index is 13.6. The summed E-state index contributed by atoms with van der Waals surface area (Å²) in [6.45, 7) is 6.54. The van der Waals surface area contributed by atoms with E-state index in [0.29, 0.717) is 18.9 Å². The first-order valence-corrected chi connectivity index (χ1v) is 14.7. The van der Waals surface area contributed by atoms with Gasteiger partial charge in [-0.2, -0.15) is 0 Å². The highest BCUT2D eigenvalue weighted by Gasteiger charge is 2.30. The minimum absolute atomic E-state index is 0.0391. The first-order chi connectivity index (χ1) is 18.7. The molecule has 0 saturated carbocycles. The van der Waals surface area contributed by atoms with Gasteiger partial charge in [0.1, 0.15) is 17.1 Å². The lowest BCUT2D eigenvalue weighted by Gasteiger charge is -2.35. The van der Waals surface area contributed by atoms with Crippen LogP contribution >= 0.6 is 11.6 Å². The number of nitrogens with one attached hydrogen (secondary N) is 1. The van der Waals surface area contributed by atoms with Crippen molar-refractivity contribution in [2.24, 2.45) is 0 Å². The standard InChI is InChI=1S/C27H30ClN5O6S/c1-27(2,3)39-26(36)32-11-9-31(10-12-32)25(35)22-13-18(17-33(22)23-7-5-6-8-29-23)24(34)30-20-14-19(28)15-21(16-20)40(4,37)38/h5-8,13-17H,9-12H2,1-4H3,(H,30,34). The van der Waals surface area contributed by atoms with Crippen molar-refractivity contribution in [1.82, 2.24) is 19.4 Å². The molecule has 212 valence electrons. The average Bonchev–Trinajstić information content (AvgIpc) is 3.33. The topological polar surface area (TPSA) is 131 Å². The first-order valence-electron chi connectivity index (χ1n) is 12.4. The van der Waals surface area contributed by atoms with Crippen LogP contribution in [0.15, 0.2) is 59.8 Å². The van der Waals surface area contributed by atoms with Crippen LogP contribution in [0.2, 0.25) is 5.02 Å². The molecule has 4 rings (SSSR count). The summed E-state index contributed by atoms with van der Waals surface area (Å²) >= 11 is 6.07. The van der Waals surface area contributed by atoms with E-state index in [1.807, 2.05) is 0 Å². The lowest BCUT2D eigenvalue weighted by atomic mass is 10.2. The quantitative estimate of drug-likeness (QED) is 0.479. The monoisotopic (exact) mass is 587 g/mol. The lowest BCUT2D eigenvalue weighted by molar-refractivity contribution is 0.0140. The molecule has 0 atom stereocenters. The number of amides is 3. The largest absolute Gasteiger partial charge is 0.444 e. The van der Waals surface area contributed by atoms with Crippen molar-refractivity contribution in [1.29, 1.82) is 0 Å². The van der Waals surface area contributed by atoms with Crippen LogP contribution in [0.5, 0.6) is 0 Å². The zero-order valence-electron chi connectivity index (χ0n) is 22.5. The highest BCUT2D eigenvalue weighted by atomic mass is 35.5. The summed E-state index contributed by atoms with van der Waals surface area (Å²) in [7, 11) is -3.56. The highest BCUT2D eigenvalue weighted by molar-refractivity contribution is 7.90. The lowest BCUT2D eigenvalue weighted by Crippen LogP contribution is -2.51. The van der Waals surface area contributed by atoms with Gasteiger partial charge in [-0.3, -0.25) is 14.2 Å². The molecule has 40 heavy (non-hydrogen) atoms. The number of carbonyl (C=O) groups is 3. The molecule has 1 aromatic carbocycles. The second kappa shape index (κ2) is 11.3. The number of hydrogen-bond donors (Lipinski definition) is 1. The van der Waals surface area contributed by atoms with E-state index in [-0.39, 0.29) is 45.9 Å². The van der Waals surface area contributed by atoms with Gasteiger partial charge in [0.25, 0.3) is 11.8 Å². The minimum Gasteiger partial charge on any atom is -0.444 e. The molecule has 2 aromatic heterocycles. The van der Waals surface area contributed by atoms with Gasteiger partial charge >= 0.3 is 6.09 Å². The molecule has 3 amide bonds. The van der Waals surface area contributed by atoms with E-state index in [1.54, 1.807) is 55.0 Å². The summed E-state index contributed by atoms with van der Waals surface area (Å²) in [5.74, 6) is -0.477. The van der Waals surface area contributed by atoms with Crippen molar-refractivity contribution in [3.05, 3.63) is 71.1 Å². The summed E-state index contributed by atoms with van der Waals surface area (Å²) in [6.07, 6.45) is 3.67. The number of halogens is 1. The molecule has 1 fully saturated rings. The van der Waals surface area contributed by atoms with Gasteiger partial charge in [0.05, 0.1) is 10.5 Å². The maximum absolute atomic E-state index is 13.6. The molecule has 0 aliphatic carbocycles. The van der Waals surface area contributed by atoms with Crippen LogP contribution in [0.3, 0.4) is 0 Å². The molecule has 1 aliphatic heterocycles. The normalized spacial score (nSPS) is 14.1. The van der Waals surface area contributed by atoms with E-state index in [4.69, 9.17) is 16.3 Å². The van der Waals surface area contributed by atoms with Crippen LogP contribution < -0.4 is 5.32 Å². The zero-order valence-corrected chi connectivity index (χ0v) is 24.1. The Balaban J connectivity index is 1.58. The third-order valence-corrected chi connectivity index (χ3v) is 7.28. The number of rotatable bonds is 5. The van der Waals surface area contributed by atoms with E-state index in [1.165, 1.54) is 35.0 Å². The van der Waals surface area contributed by atoms with Gasteiger partial charge in [-0.25, -0.2) is 18.2 Å². The van der Waals surface area contributed by atoms with E-state index in [9.17, 15) is 22.8 Å². The van der Waals surface area contributed by atoms with Gasteiger partial charge in [-0.05, 0) is 57.2 Å². The van der Waals surface area contributed by atoms with Crippen LogP contribution in [-0.2, 0) is 14.6 Å². The fraction of sp³-hybridized carbons (Fsp3) is 0.333. The number of ether oxygens (including phenoxy) is 1. The zero-order chi connectivity index (χ0) is 29.2. The van der Waals surface area contributed by atoms with Gasteiger partial charge in [0, 0.05) is 55.5 Å². The van der Waals surface area contributed by atoms with E-state index < -0.39 is 27.4 Å². The second-order valence-corrected chi connectivity index (χ2v) is 12.8. The van der Waals surface area contributed by atoms with Crippen molar-refractivity contribution in [3.8, 4) is 5.82 Å².